The maximum Gasteiger partial charge on any atom is 0.118 e. The van der Waals surface area contributed by atoms with Crippen molar-refractivity contribution in [2.24, 2.45) is 0 Å². The number of hydrogen-bond acceptors (Lipinski definition) is 3. The maximum absolute atomic E-state index is 8.89. The van der Waals surface area contributed by atoms with Gasteiger partial charge in [0.1, 0.15) is 6.23 Å². The molecule has 0 saturated heterocycles. The number of halogens is 1. The van der Waals surface area contributed by atoms with Crippen molar-refractivity contribution in [3.05, 3.63) is 29.3 Å². The fourth-order valence-corrected chi connectivity index (χ4v) is 0.928. The SMILES string of the molecule is CC(O)NNc1ccccc1Cl. The molecule has 3 nitrogen and oxygen atoms in total. The van der Waals surface area contributed by atoms with E-state index in [1.54, 1.807) is 13.0 Å². The van der Waals surface area contributed by atoms with Crippen LogP contribution in [0.3, 0.4) is 0 Å². The van der Waals surface area contributed by atoms with Gasteiger partial charge in [0.15, 0.2) is 0 Å². The van der Waals surface area contributed by atoms with E-state index >= 15 is 0 Å². The van der Waals surface area contributed by atoms with Gasteiger partial charge in [-0.05, 0) is 19.1 Å². The Hall–Kier alpha value is -0.770. The second-order valence-corrected chi connectivity index (χ2v) is 2.83. The standard InChI is InChI=1S/C8H11ClN2O/c1-6(12)10-11-8-5-3-2-4-7(8)9/h2-6,10-12H,1H3. The Morgan fingerprint density at radius 3 is 2.67 bits per heavy atom. The van der Waals surface area contributed by atoms with Crippen molar-refractivity contribution in [1.29, 1.82) is 0 Å². The van der Waals surface area contributed by atoms with Crippen LogP contribution in [0.15, 0.2) is 24.3 Å². The summed E-state index contributed by atoms with van der Waals surface area (Å²) in [5, 5.41) is 9.50. The van der Waals surface area contributed by atoms with Gasteiger partial charge in [0, 0.05) is 0 Å². The molecule has 1 atom stereocenters. The zero-order valence-corrected chi connectivity index (χ0v) is 7.47. The van der Waals surface area contributed by atoms with E-state index in [1.165, 1.54) is 0 Å². The summed E-state index contributed by atoms with van der Waals surface area (Å²) in [7, 11) is 0. The quantitative estimate of drug-likeness (QED) is 0.496. The second-order valence-electron chi connectivity index (χ2n) is 2.43. The third-order valence-corrected chi connectivity index (χ3v) is 1.62. The van der Waals surface area contributed by atoms with Crippen molar-refractivity contribution in [1.82, 2.24) is 5.43 Å². The molecule has 66 valence electrons. The molecule has 0 spiro atoms. The molecule has 0 fully saturated rings. The molecule has 1 unspecified atom stereocenters. The fourth-order valence-electron chi connectivity index (χ4n) is 0.745. The molecule has 0 radical (unpaired) electrons. The van der Waals surface area contributed by atoms with E-state index in [9.17, 15) is 0 Å². The first kappa shape index (κ1) is 9.32. The summed E-state index contributed by atoms with van der Waals surface area (Å²) in [6.07, 6.45) is -0.610. The lowest BCUT2D eigenvalue weighted by Crippen LogP contribution is -2.31. The van der Waals surface area contributed by atoms with Crippen LogP contribution in [0.25, 0.3) is 0 Å². The second kappa shape index (κ2) is 4.30. The van der Waals surface area contributed by atoms with Crippen LogP contribution in [0.2, 0.25) is 5.02 Å². The van der Waals surface area contributed by atoms with E-state index in [1.807, 2.05) is 18.2 Å². The van der Waals surface area contributed by atoms with Crippen molar-refractivity contribution in [2.75, 3.05) is 5.43 Å². The molecule has 0 heterocycles. The Bertz CT molecular complexity index is 253. The molecular weight excluding hydrogens is 176 g/mol. The lowest BCUT2D eigenvalue weighted by Gasteiger charge is -2.11. The lowest BCUT2D eigenvalue weighted by molar-refractivity contribution is 0.166. The number of aliphatic hydroxyl groups excluding tert-OH is 1. The van der Waals surface area contributed by atoms with Crippen molar-refractivity contribution >= 4 is 17.3 Å². The summed E-state index contributed by atoms with van der Waals surface area (Å²) in [5.41, 5.74) is 6.15. The molecular formula is C8H11ClN2O. The molecule has 0 aliphatic rings. The average Bonchev–Trinajstić information content (AvgIpc) is 2.03. The van der Waals surface area contributed by atoms with Crippen LogP contribution in [-0.2, 0) is 0 Å². The van der Waals surface area contributed by atoms with Gasteiger partial charge in [-0.2, -0.15) is 0 Å². The van der Waals surface area contributed by atoms with E-state index < -0.39 is 6.23 Å². The lowest BCUT2D eigenvalue weighted by atomic mass is 10.3. The van der Waals surface area contributed by atoms with E-state index in [0.717, 1.165) is 5.69 Å². The molecule has 0 saturated carbocycles. The van der Waals surface area contributed by atoms with Crippen molar-refractivity contribution in [2.45, 2.75) is 13.2 Å². The minimum atomic E-state index is -0.610. The first-order valence-electron chi connectivity index (χ1n) is 3.64. The molecule has 1 aromatic carbocycles. The van der Waals surface area contributed by atoms with Gasteiger partial charge in [0.25, 0.3) is 0 Å². The van der Waals surface area contributed by atoms with Crippen LogP contribution in [0, 0.1) is 0 Å². The van der Waals surface area contributed by atoms with Gasteiger partial charge < -0.3 is 10.5 Å². The maximum atomic E-state index is 8.89. The van der Waals surface area contributed by atoms with Gasteiger partial charge >= 0.3 is 0 Å². The molecule has 0 aliphatic heterocycles. The highest BCUT2D eigenvalue weighted by Gasteiger charge is 1.97. The Kier molecular flexibility index (Phi) is 3.34. The first-order valence-corrected chi connectivity index (χ1v) is 4.02. The number of nitrogens with one attached hydrogen (secondary N) is 2. The summed E-state index contributed by atoms with van der Waals surface area (Å²) in [4.78, 5) is 0. The Morgan fingerprint density at radius 1 is 1.42 bits per heavy atom. The van der Waals surface area contributed by atoms with Gasteiger partial charge in [0.05, 0.1) is 10.7 Å². The first-order chi connectivity index (χ1) is 5.70. The molecule has 1 rings (SSSR count). The normalized spacial score (nSPS) is 12.6. The smallest absolute Gasteiger partial charge is 0.118 e. The van der Waals surface area contributed by atoms with Crippen molar-refractivity contribution < 1.29 is 5.11 Å². The van der Waals surface area contributed by atoms with Crippen LogP contribution < -0.4 is 10.9 Å². The number of hydrogen-bond donors (Lipinski definition) is 3. The van der Waals surface area contributed by atoms with Gasteiger partial charge in [0.2, 0.25) is 0 Å². The topological polar surface area (TPSA) is 44.3 Å². The molecule has 0 bridgehead atoms. The van der Waals surface area contributed by atoms with Crippen molar-refractivity contribution in [3.8, 4) is 0 Å². The summed E-state index contributed by atoms with van der Waals surface area (Å²) >= 11 is 5.82. The highest BCUT2D eigenvalue weighted by molar-refractivity contribution is 6.33. The Balaban J connectivity index is 2.57. The van der Waals surface area contributed by atoms with E-state index in [-0.39, 0.29) is 0 Å². The number of aliphatic hydroxyl groups is 1. The average molecular weight is 187 g/mol. The number of anilines is 1. The van der Waals surface area contributed by atoms with Gasteiger partial charge in [-0.15, -0.1) is 0 Å². The predicted molar refractivity (Wildman–Crippen MR) is 49.9 cm³/mol. The summed E-state index contributed by atoms with van der Waals surface area (Å²) in [6, 6.07) is 7.29. The van der Waals surface area contributed by atoms with E-state index in [2.05, 4.69) is 10.9 Å². The minimum absolute atomic E-state index is 0.610. The van der Waals surface area contributed by atoms with Crippen molar-refractivity contribution in [3.63, 3.8) is 0 Å². The Labute approximate surface area is 76.3 Å². The van der Waals surface area contributed by atoms with Crippen LogP contribution in [0.5, 0.6) is 0 Å². The Morgan fingerprint density at radius 2 is 2.08 bits per heavy atom. The van der Waals surface area contributed by atoms with Gasteiger partial charge in [-0.1, -0.05) is 23.7 Å². The summed E-state index contributed by atoms with van der Waals surface area (Å²) in [5.74, 6) is 0. The number of para-hydroxylation sites is 1. The zero-order valence-electron chi connectivity index (χ0n) is 6.71. The predicted octanol–water partition coefficient (Wildman–Crippen LogP) is 1.59. The largest absolute Gasteiger partial charge is 0.377 e. The van der Waals surface area contributed by atoms with Crippen LogP contribution in [0.1, 0.15) is 6.92 Å². The molecule has 0 amide bonds. The number of hydrazine groups is 1. The molecule has 1 aromatic rings. The fraction of sp³-hybridized carbons (Fsp3) is 0.250. The highest BCUT2D eigenvalue weighted by Crippen LogP contribution is 2.19. The third kappa shape index (κ3) is 2.70. The molecule has 0 aliphatic carbocycles. The van der Waals surface area contributed by atoms with Gasteiger partial charge in [-0.3, -0.25) is 0 Å². The minimum Gasteiger partial charge on any atom is -0.377 e. The van der Waals surface area contributed by atoms with Crippen LogP contribution in [-0.4, -0.2) is 11.3 Å². The third-order valence-electron chi connectivity index (χ3n) is 1.29. The van der Waals surface area contributed by atoms with Crippen LogP contribution in [0.4, 0.5) is 5.69 Å². The highest BCUT2D eigenvalue weighted by atomic mass is 35.5. The molecule has 12 heavy (non-hydrogen) atoms. The monoisotopic (exact) mass is 186 g/mol. The molecule has 4 heteroatoms. The zero-order chi connectivity index (χ0) is 8.97. The number of benzene rings is 1. The molecule has 3 N–H and O–H groups in total. The van der Waals surface area contributed by atoms with E-state index in [4.69, 9.17) is 16.7 Å². The summed E-state index contributed by atoms with van der Waals surface area (Å²) in [6.45, 7) is 1.61. The molecule has 0 aromatic heterocycles. The number of rotatable bonds is 3. The van der Waals surface area contributed by atoms with E-state index in [0.29, 0.717) is 5.02 Å². The van der Waals surface area contributed by atoms with Gasteiger partial charge in [-0.25, -0.2) is 5.43 Å². The summed E-state index contributed by atoms with van der Waals surface area (Å²) < 4.78 is 0. The van der Waals surface area contributed by atoms with Crippen LogP contribution >= 0.6 is 11.6 Å².